The van der Waals surface area contributed by atoms with Gasteiger partial charge in [-0.2, -0.15) is 0 Å². The van der Waals surface area contributed by atoms with Crippen molar-refractivity contribution in [2.24, 2.45) is 0 Å². The molecule has 0 aliphatic heterocycles. The minimum atomic E-state index is -0.388. The van der Waals surface area contributed by atoms with Gasteiger partial charge in [-0.15, -0.1) is 0 Å². The second kappa shape index (κ2) is 6.76. The molecule has 0 radical (unpaired) electrons. The van der Waals surface area contributed by atoms with Gasteiger partial charge in [-0.25, -0.2) is 0 Å². The van der Waals surface area contributed by atoms with Crippen molar-refractivity contribution < 1.29 is 19.7 Å². The number of carbonyl (C=O) groups is 1. The van der Waals surface area contributed by atoms with Crippen LogP contribution in [0.5, 0.6) is 11.5 Å². The van der Waals surface area contributed by atoms with Gasteiger partial charge in [0.15, 0.2) is 11.5 Å². The van der Waals surface area contributed by atoms with E-state index in [0.717, 1.165) is 11.1 Å². The zero-order valence-corrected chi connectivity index (χ0v) is 11.7. The summed E-state index contributed by atoms with van der Waals surface area (Å²) in [5.74, 6) is -0.313. The third-order valence-electron chi connectivity index (χ3n) is 3.09. The van der Waals surface area contributed by atoms with Gasteiger partial charge in [0.1, 0.15) is 0 Å². The van der Waals surface area contributed by atoms with E-state index in [2.05, 4.69) is 5.32 Å². The van der Waals surface area contributed by atoms with Crippen molar-refractivity contribution in [3.8, 4) is 11.5 Å². The molecule has 1 amide bonds. The fraction of sp³-hybridized carbons (Fsp3) is 0.188. The van der Waals surface area contributed by atoms with Crippen LogP contribution in [0.25, 0.3) is 0 Å². The fourth-order valence-electron chi connectivity index (χ4n) is 1.99. The Morgan fingerprint density at radius 1 is 1.19 bits per heavy atom. The van der Waals surface area contributed by atoms with E-state index in [1.807, 2.05) is 18.2 Å². The molecule has 0 saturated heterocycles. The van der Waals surface area contributed by atoms with Crippen molar-refractivity contribution >= 4 is 5.91 Å². The Bertz CT molecular complexity index is 640. The van der Waals surface area contributed by atoms with Crippen LogP contribution in [0.4, 0.5) is 0 Å². The maximum Gasteiger partial charge on any atom is 0.255 e. The summed E-state index contributed by atoms with van der Waals surface area (Å²) >= 11 is 0. The number of aliphatic hydroxyl groups is 1. The first kappa shape index (κ1) is 14.9. The van der Waals surface area contributed by atoms with Crippen molar-refractivity contribution in [2.75, 3.05) is 7.11 Å². The maximum atomic E-state index is 12.1. The molecule has 0 heterocycles. The number of nitrogens with one attached hydrogen (secondary N) is 1. The lowest BCUT2D eigenvalue weighted by molar-refractivity contribution is 0.0947. The molecule has 0 fully saturated rings. The summed E-state index contributed by atoms with van der Waals surface area (Å²) < 4.78 is 4.97. The number of phenolic OH excluding ortho intramolecular Hbond substituents is 1. The van der Waals surface area contributed by atoms with Crippen LogP contribution in [0, 0.1) is 0 Å². The zero-order chi connectivity index (χ0) is 15.2. The van der Waals surface area contributed by atoms with Gasteiger partial charge >= 0.3 is 0 Å². The van der Waals surface area contributed by atoms with Gasteiger partial charge in [0, 0.05) is 6.54 Å². The first-order chi connectivity index (χ1) is 10.2. The van der Waals surface area contributed by atoms with Crippen molar-refractivity contribution in [3.05, 3.63) is 59.2 Å². The Morgan fingerprint density at radius 2 is 1.90 bits per heavy atom. The highest BCUT2D eigenvalue weighted by Gasteiger charge is 2.14. The van der Waals surface area contributed by atoms with Crippen LogP contribution in [0.1, 0.15) is 21.5 Å². The quantitative estimate of drug-likeness (QED) is 0.784. The lowest BCUT2D eigenvalue weighted by atomic mass is 10.1. The van der Waals surface area contributed by atoms with Crippen molar-refractivity contribution in [2.45, 2.75) is 13.2 Å². The molecule has 0 bridgehead atoms. The van der Waals surface area contributed by atoms with Gasteiger partial charge < -0.3 is 20.3 Å². The number of amides is 1. The number of hydrogen-bond acceptors (Lipinski definition) is 4. The zero-order valence-electron chi connectivity index (χ0n) is 11.7. The largest absolute Gasteiger partial charge is 0.504 e. The molecular weight excluding hydrogens is 270 g/mol. The van der Waals surface area contributed by atoms with Gasteiger partial charge in [0.25, 0.3) is 5.91 Å². The van der Waals surface area contributed by atoms with E-state index >= 15 is 0 Å². The smallest absolute Gasteiger partial charge is 0.255 e. The van der Waals surface area contributed by atoms with Crippen molar-refractivity contribution in [1.29, 1.82) is 0 Å². The number of rotatable bonds is 5. The molecule has 0 aromatic heterocycles. The van der Waals surface area contributed by atoms with E-state index in [4.69, 9.17) is 9.84 Å². The number of benzene rings is 2. The molecule has 2 aromatic rings. The molecule has 0 unspecified atom stereocenters. The number of aromatic hydroxyl groups is 1. The molecule has 21 heavy (non-hydrogen) atoms. The van der Waals surface area contributed by atoms with E-state index in [1.54, 1.807) is 18.2 Å². The molecule has 0 spiro atoms. The Hall–Kier alpha value is -2.53. The minimum absolute atomic E-state index is 0.0432. The van der Waals surface area contributed by atoms with Crippen molar-refractivity contribution in [1.82, 2.24) is 5.32 Å². The summed E-state index contributed by atoms with van der Waals surface area (Å²) in [6.07, 6.45) is 0. The molecule has 0 saturated carbocycles. The van der Waals surface area contributed by atoms with Crippen LogP contribution in [-0.4, -0.2) is 23.2 Å². The highest BCUT2D eigenvalue weighted by Crippen LogP contribution is 2.29. The molecule has 0 aliphatic rings. The normalized spacial score (nSPS) is 10.2. The van der Waals surface area contributed by atoms with Gasteiger partial charge in [0.05, 0.1) is 19.3 Å². The van der Waals surface area contributed by atoms with Gasteiger partial charge in [-0.05, 0) is 23.3 Å². The Labute approximate surface area is 122 Å². The van der Waals surface area contributed by atoms with Crippen LogP contribution in [0.3, 0.4) is 0 Å². The third kappa shape index (κ3) is 3.52. The molecule has 0 atom stereocenters. The van der Waals surface area contributed by atoms with Crippen LogP contribution in [0.2, 0.25) is 0 Å². The summed E-state index contributed by atoms with van der Waals surface area (Å²) in [7, 11) is 1.43. The third-order valence-corrected chi connectivity index (χ3v) is 3.09. The Morgan fingerprint density at radius 3 is 2.62 bits per heavy atom. The van der Waals surface area contributed by atoms with Gasteiger partial charge in [-0.3, -0.25) is 4.79 Å². The molecule has 0 aliphatic carbocycles. The van der Waals surface area contributed by atoms with Crippen molar-refractivity contribution in [3.63, 3.8) is 0 Å². The fourth-order valence-corrected chi connectivity index (χ4v) is 1.99. The second-order valence-electron chi connectivity index (χ2n) is 4.52. The molecule has 110 valence electrons. The highest BCUT2D eigenvalue weighted by atomic mass is 16.5. The highest BCUT2D eigenvalue weighted by molar-refractivity contribution is 5.97. The summed E-state index contributed by atoms with van der Waals surface area (Å²) in [5.41, 5.74) is 1.82. The van der Waals surface area contributed by atoms with Gasteiger partial charge in [0.2, 0.25) is 0 Å². The number of carbonyl (C=O) groups excluding carboxylic acids is 1. The number of hydrogen-bond donors (Lipinski definition) is 3. The van der Waals surface area contributed by atoms with Crippen LogP contribution < -0.4 is 10.1 Å². The number of aliphatic hydroxyl groups excluding tert-OH is 1. The number of ether oxygens (including phenoxy) is 1. The molecular formula is C16H17NO4. The van der Waals surface area contributed by atoms with Crippen LogP contribution in [-0.2, 0) is 13.2 Å². The Balaban J connectivity index is 2.08. The maximum absolute atomic E-state index is 12.1. The lowest BCUT2D eigenvalue weighted by Crippen LogP contribution is -2.23. The number of methoxy groups -OCH3 is 1. The molecule has 3 N–H and O–H groups in total. The predicted molar refractivity (Wildman–Crippen MR) is 78.2 cm³/mol. The van der Waals surface area contributed by atoms with E-state index in [0.29, 0.717) is 6.54 Å². The first-order valence-corrected chi connectivity index (χ1v) is 6.48. The summed E-state index contributed by atoms with van der Waals surface area (Å²) in [4.78, 5) is 12.1. The number of para-hydroxylation sites is 1. The average molecular weight is 287 g/mol. The number of phenols is 1. The topological polar surface area (TPSA) is 78.8 Å². The monoisotopic (exact) mass is 287 g/mol. The summed E-state index contributed by atoms with van der Waals surface area (Å²) in [5, 5.41) is 21.7. The minimum Gasteiger partial charge on any atom is -0.504 e. The molecule has 5 nitrogen and oxygen atoms in total. The van der Waals surface area contributed by atoms with E-state index in [-0.39, 0.29) is 29.6 Å². The van der Waals surface area contributed by atoms with Gasteiger partial charge in [-0.1, -0.05) is 30.3 Å². The molecule has 2 rings (SSSR count). The SMILES string of the molecule is COc1cccc(C(=O)NCc2cccc(CO)c2)c1O. The lowest BCUT2D eigenvalue weighted by Gasteiger charge is -2.10. The standard InChI is InChI=1S/C16H17NO4/c1-21-14-7-3-6-13(15(14)19)16(20)17-9-11-4-2-5-12(8-11)10-18/h2-8,18-19H,9-10H2,1H3,(H,17,20). The van der Waals surface area contributed by atoms with E-state index in [1.165, 1.54) is 13.2 Å². The second-order valence-corrected chi connectivity index (χ2v) is 4.52. The first-order valence-electron chi connectivity index (χ1n) is 6.48. The summed E-state index contributed by atoms with van der Waals surface area (Å²) in [6, 6.07) is 12.0. The summed E-state index contributed by atoms with van der Waals surface area (Å²) in [6.45, 7) is 0.266. The van der Waals surface area contributed by atoms with E-state index < -0.39 is 0 Å². The van der Waals surface area contributed by atoms with Crippen LogP contribution >= 0.6 is 0 Å². The predicted octanol–water partition coefficient (Wildman–Crippen LogP) is 1.82. The molecule has 5 heteroatoms. The Kier molecular flexibility index (Phi) is 4.79. The van der Waals surface area contributed by atoms with Crippen LogP contribution in [0.15, 0.2) is 42.5 Å². The van der Waals surface area contributed by atoms with E-state index in [9.17, 15) is 9.90 Å². The molecule has 2 aromatic carbocycles. The average Bonchev–Trinajstić information content (AvgIpc) is 2.53.